The number of amides is 2. The molecule has 2 aromatic rings. The summed E-state index contributed by atoms with van der Waals surface area (Å²) in [5.74, 6) is 0.328. The molecule has 2 N–H and O–H groups in total. The Bertz CT molecular complexity index is 1350. The first-order valence-electron chi connectivity index (χ1n) is 12.8. The number of aromatic amines is 1. The second-order valence-electron chi connectivity index (χ2n) is 9.76. The largest absolute Gasteiger partial charge is 0.416 e. The van der Waals surface area contributed by atoms with E-state index in [2.05, 4.69) is 15.2 Å². The van der Waals surface area contributed by atoms with Gasteiger partial charge < -0.3 is 20.1 Å². The second kappa shape index (κ2) is 11.9. The summed E-state index contributed by atoms with van der Waals surface area (Å²) in [5.41, 5.74) is 4.23. The normalized spacial score (nSPS) is 19.9. The third-order valence-electron chi connectivity index (χ3n) is 7.12. The highest BCUT2D eigenvalue weighted by Gasteiger charge is 2.33. The van der Waals surface area contributed by atoms with Crippen molar-refractivity contribution in [1.29, 1.82) is 0 Å². The Kier molecular flexibility index (Phi) is 8.76. The van der Waals surface area contributed by atoms with Crippen molar-refractivity contribution >= 4 is 29.7 Å². The molecule has 2 saturated heterocycles. The number of piperazine rings is 1. The molecule has 2 aliphatic rings. The van der Waals surface area contributed by atoms with Crippen LogP contribution in [0, 0.1) is 13.8 Å². The number of allylic oxidation sites excluding steroid dienone is 2. The number of aromatic nitrogens is 1. The van der Waals surface area contributed by atoms with E-state index in [4.69, 9.17) is 0 Å². The van der Waals surface area contributed by atoms with E-state index in [1.807, 2.05) is 38.8 Å². The van der Waals surface area contributed by atoms with E-state index < -0.39 is 11.7 Å². The lowest BCUT2D eigenvalue weighted by molar-refractivity contribution is -0.138. The van der Waals surface area contributed by atoms with Crippen LogP contribution >= 0.6 is 11.8 Å². The maximum Gasteiger partial charge on any atom is 0.416 e. The lowest BCUT2D eigenvalue weighted by Crippen LogP contribution is -2.47. The third-order valence-corrected chi connectivity index (χ3v) is 8.03. The molecule has 0 saturated carbocycles. The molecular formula is C29H33F3N4O2S. The van der Waals surface area contributed by atoms with Crippen molar-refractivity contribution in [2.45, 2.75) is 32.7 Å². The number of thioether (sulfide) groups is 1. The van der Waals surface area contributed by atoms with Crippen molar-refractivity contribution in [3.05, 3.63) is 86.9 Å². The molecule has 10 heteroatoms. The van der Waals surface area contributed by atoms with Crippen molar-refractivity contribution in [2.75, 3.05) is 39.0 Å². The van der Waals surface area contributed by atoms with Crippen LogP contribution in [-0.4, -0.2) is 65.6 Å². The zero-order valence-corrected chi connectivity index (χ0v) is 23.4. The van der Waals surface area contributed by atoms with E-state index in [0.29, 0.717) is 46.9 Å². The highest BCUT2D eigenvalue weighted by atomic mass is 32.2. The predicted octanol–water partition coefficient (Wildman–Crippen LogP) is 5.31. The van der Waals surface area contributed by atoms with Crippen molar-refractivity contribution < 1.29 is 22.8 Å². The highest BCUT2D eigenvalue weighted by Crippen LogP contribution is 2.34. The molecule has 6 nitrogen and oxygen atoms in total. The van der Waals surface area contributed by atoms with Gasteiger partial charge in [0.05, 0.1) is 16.7 Å². The van der Waals surface area contributed by atoms with Gasteiger partial charge in [-0.2, -0.15) is 24.9 Å². The Balaban J connectivity index is 1.55. The number of rotatable bonds is 6. The smallest absolute Gasteiger partial charge is 0.358 e. The Labute approximate surface area is 231 Å². The number of benzene rings is 1. The van der Waals surface area contributed by atoms with Crippen LogP contribution in [0.25, 0.3) is 6.08 Å². The molecular weight excluding hydrogens is 525 g/mol. The topological polar surface area (TPSA) is 68.4 Å². The van der Waals surface area contributed by atoms with Crippen LogP contribution in [0.5, 0.6) is 0 Å². The zero-order chi connectivity index (χ0) is 28.3. The number of alkyl halides is 3. The highest BCUT2D eigenvalue weighted by molar-refractivity contribution is 7.98. The number of nitrogens with one attached hydrogen (secondary N) is 2. The van der Waals surface area contributed by atoms with E-state index in [-0.39, 0.29) is 23.1 Å². The Morgan fingerprint density at radius 1 is 1.10 bits per heavy atom. The van der Waals surface area contributed by atoms with Crippen LogP contribution in [-0.2, 0) is 16.7 Å². The summed E-state index contributed by atoms with van der Waals surface area (Å²) >= 11 is 1.34. The fourth-order valence-corrected chi connectivity index (χ4v) is 5.77. The molecule has 4 rings (SSSR count). The maximum absolute atomic E-state index is 13.3. The van der Waals surface area contributed by atoms with E-state index in [1.54, 1.807) is 18.2 Å². The molecule has 2 fully saturated rings. The van der Waals surface area contributed by atoms with Crippen LogP contribution in [0.2, 0.25) is 0 Å². The molecule has 0 spiro atoms. The average Bonchev–Trinajstić information content (AvgIpc) is 3.35. The molecule has 0 bridgehead atoms. The summed E-state index contributed by atoms with van der Waals surface area (Å²) in [6, 6.07) is 5.57. The summed E-state index contributed by atoms with van der Waals surface area (Å²) in [4.78, 5) is 33.5. The SMILES string of the molecule is CC=C1NC(=O)C(=Cc2[nH]c(C)c(C(=O)N3CCN(C)CC3)c2C)C1=CCSCc1ccccc1C(F)(F)F. The van der Waals surface area contributed by atoms with Gasteiger partial charge >= 0.3 is 6.18 Å². The summed E-state index contributed by atoms with van der Waals surface area (Å²) < 4.78 is 40.0. The number of aryl methyl sites for hydroxylation is 1. The van der Waals surface area contributed by atoms with Crippen LogP contribution in [0.1, 0.15) is 45.4 Å². The first-order valence-corrected chi connectivity index (χ1v) is 14.0. The van der Waals surface area contributed by atoms with Gasteiger partial charge in [-0.1, -0.05) is 30.4 Å². The number of hydrogen-bond donors (Lipinski definition) is 2. The lowest BCUT2D eigenvalue weighted by Gasteiger charge is -2.32. The monoisotopic (exact) mass is 558 g/mol. The molecule has 2 aliphatic heterocycles. The Morgan fingerprint density at radius 3 is 2.46 bits per heavy atom. The van der Waals surface area contributed by atoms with Crippen LogP contribution < -0.4 is 5.32 Å². The number of carbonyl (C=O) groups is 2. The molecule has 2 amide bonds. The number of halogens is 3. The van der Waals surface area contributed by atoms with Gasteiger partial charge in [-0.15, -0.1) is 0 Å². The number of H-pyrrole nitrogens is 1. The first-order chi connectivity index (χ1) is 18.5. The minimum atomic E-state index is -4.40. The minimum Gasteiger partial charge on any atom is -0.358 e. The maximum atomic E-state index is 13.3. The Morgan fingerprint density at radius 2 is 1.79 bits per heavy atom. The van der Waals surface area contributed by atoms with Gasteiger partial charge in [-0.25, -0.2) is 0 Å². The molecule has 1 aromatic carbocycles. The fourth-order valence-electron chi connectivity index (χ4n) is 4.90. The third kappa shape index (κ3) is 6.33. The summed E-state index contributed by atoms with van der Waals surface area (Å²) in [5, 5.41) is 2.86. The van der Waals surface area contributed by atoms with Crippen LogP contribution in [0.4, 0.5) is 13.2 Å². The van der Waals surface area contributed by atoms with Gasteiger partial charge in [0, 0.05) is 60.3 Å². The lowest BCUT2D eigenvalue weighted by atomic mass is 10.0. The quantitative estimate of drug-likeness (QED) is 0.372. The van der Waals surface area contributed by atoms with Crippen LogP contribution in [0.3, 0.4) is 0 Å². The van der Waals surface area contributed by atoms with Gasteiger partial charge in [0.1, 0.15) is 0 Å². The van der Waals surface area contributed by atoms with Crippen molar-refractivity contribution in [1.82, 2.24) is 20.1 Å². The molecule has 208 valence electrons. The predicted molar refractivity (Wildman–Crippen MR) is 149 cm³/mol. The van der Waals surface area contributed by atoms with Crippen molar-refractivity contribution in [3.63, 3.8) is 0 Å². The standard InChI is InChI=1S/C29H33F3N4O2S/c1-5-24-21(10-15-39-17-20-8-6-7-9-23(20)29(30,31)32)22(27(37)34-24)16-25-18(2)26(19(3)33-25)28(38)36-13-11-35(4)12-14-36/h5-10,16,33H,11-15,17H2,1-4H3,(H,34,37). The van der Waals surface area contributed by atoms with E-state index in [9.17, 15) is 22.8 Å². The molecule has 39 heavy (non-hydrogen) atoms. The molecule has 0 radical (unpaired) electrons. The summed E-state index contributed by atoms with van der Waals surface area (Å²) in [6.45, 7) is 8.53. The Hall–Kier alpha value is -3.24. The number of hydrogen-bond acceptors (Lipinski definition) is 4. The van der Waals surface area contributed by atoms with Gasteiger partial charge in [-0.05, 0) is 51.1 Å². The number of likely N-dealkylation sites (N-methyl/N-ethyl adjacent to an activating group) is 1. The van der Waals surface area contributed by atoms with Crippen molar-refractivity contribution in [2.24, 2.45) is 0 Å². The molecule has 3 heterocycles. The number of carbonyl (C=O) groups excluding carboxylic acids is 2. The van der Waals surface area contributed by atoms with Gasteiger partial charge in [0.15, 0.2) is 0 Å². The van der Waals surface area contributed by atoms with Gasteiger partial charge in [-0.3, -0.25) is 9.59 Å². The first kappa shape index (κ1) is 28.8. The van der Waals surface area contributed by atoms with Gasteiger partial charge in [0.25, 0.3) is 11.8 Å². The molecule has 0 aliphatic carbocycles. The van der Waals surface area contributed by atoms with Crippen LogP contribution in [0.15, 0.2) is 53.3 Å². The minimum absolute atomic E-state index is 0.0182. The van der Waals surface area contributed by atoms with E-state index in [0.717, 1.165) is 30.4 Å². The van der Waals surface area contributed by atoms with E-state index >= 15 is 0 Å². The van der Waals surface area contributed by atoms with E-state index in [1.165, 1.54) is 23.9 Å². The number of nitrogens with zero attached hydrogens (tertiary/aromatic N) is 2. The summed E-state index contributed by atoms with van der Waals surface area (Å²) in [6.07, 6.45) is 1.01. The van der Waals surface area contributed by atoms with Crippen molar-refractivity contribution in [3.8, 4) is 0 Å². The van der Waals surface area contributed by atoms with Gasteiger partial charge in [0.2, 0.25) is 0 Å². The molecule has 0 unspecified atom stereocenters. The molecule has 1 aromatic heterocycles. The second-order valence-corrected chi connectivity index (χ2v) is 10.8. The summed E-state index contributed by atoms with van der Waals surface area (Å²) in [7, 11) is 2.04. The average molecular weight is 559 g/mol. The zero-order valence-electron chi connectivity index (χ0n) is 22.5. The fraction of sp³-hybridized carbons (Fsp3) is 0.379. The molecule has 0 atom stereocenters.